The summed E-state index contributed by atoms with van der Waals surface area (Å²) in [5, 5.41) is 2.90. The maximum Gasteiger partial charge on any atom is 0.279 e. The van der Waals surface area contributed by atoms with Gasteiger partial charge in [0.25, 0.3) is 5.91 Å². The molecule has 6 nitrogen and oxygen atoms in total. The molecule has 158 valence electrons. The zero-order valence-electron chi connectivity index (χ0n) is 18.3. The molecule has 2 N–H and O–H groups in total. The van der Waals surface area contributed by atoms with Crippen molar-refractivity contribution in [3.05, 3.63) is 77.0 Å². The summed E-state index contributed by atoms with van der Waals surface area (Å²) in [4.78, 5) is 26.4. The lowest BCUT2D eigenvalue weighted by Crippen LogP contribution is -3.14. The molecule has 0 fully saturated rings. The predicted molar refractivity (Wildman–Crippen MR) is 117 cm³/mol. The van der Waals surface area contributed by atoms with Crippen molar-refractivity contribution in [1.29, 1.82) is 0 Å². The summed E-state index contributed by atoms with van der Waals surface area (Å²) in [6, 6.07) is 13.0. The number of likely N-dealkylation sites (N-methyl/N-ethyl adjacent to an activating group) is 1. The van der Waals surface area contributed by atoms with Gasteiger partial charge in [0.1, 0.15) is 11.8 Å². The van der Waals surface area contributed by atoms with Gasteiger partial charge in [0.05, 0.1) is 19.9 Å². The van der Waals surface area contributed by atoms with E-state index in [1.165, 1.54) is 0 Å². The van der Waals surface area contributed by atoms with Crippen LogP contribution in [-0.4, -0.2) is 35.9 Å². The number of aryl methyl sites for hydroxylation is 2. The third-order valence-corrected chi connectivity index (χ3v) is 5.64. The molecule has 30 heavy (non-hydrogen) atoms. The minimum atomic E-state index is -0.341. The number of nitrogens with zero attached hydrogens (tertiary/aromatic N) is 1. The van der Waals surface area contributed by atoms with Crippen molar-refractivity contribution >= 4 is 17.4 Å². The molecule has 3 aromatic rings. The zero-order chi connectivity index (χ0) is 21.8. The van der Waals surface area contributed by atoms with Crippen molar-refractivity contribution in [3.63, 3.8) is 0 Å². The van der Waals surface area contributed by atoms with Gasteiger partial charge in [-0.15, -0.1) is 0 Å². The van der Waals surface area contributed by atoms with Gasteiger partial charge in [-0.3, -0.25) is 9.59 Å². The largest absolute Gasteiger partial charge is 0.467 e. The number of carbonyl (C=O) groups excluding carboxylic acids is 2. The van der Waals surface area contributed by atoms with Crippen LogP contribution in [0.2, 0.25) is 0 Å². The van der Waals surface area contributed by atoms with Crippen LogP contribution in [-0.2, 0) is 11.3 Å². The number of hydrogen-bond acceptors (Lipinski definition) is 3. The topological polar surface area (TPSA) is 68.7 Å². The smallest absolute Gasteiger partial charge is 0.279 e. The molecule has 1 unspecified atom stereocenters. The molecular weight excluding hydrogens is 378 g/mol. The molecule has 2 aromatic heterocycles. The summed E-state index contributed by atoms with van der Waals surface area (Å²) in [6.45, 7) is 8.62. The number of anilines is 1. The zero-order valence-corrected chi connectivity index (χ0v) is 18.3. The Bertz CT molecular complexity index is 1020. The summed E-state index contributed by atoms with van der Waals surface area (Å²) in [6.07, 6.45) is 1.65. The third-order valence-electron chi connectivity index (χ3n) is 5.64. The molecule has 2 heterocycles. The summed E-state index contributed by atoms with van der Waals surface area (Å²) in [7, 11) is 1.87. The number of rotatable bonds is 8. The lowest BCUT2D eigenvalue weighted by atomic mass is 10.0. The van der Waals surface area contributed by atoms with Crippen molar-refractivity contribution in [1.82, 2.24) is 4.57 Å². The van der Waals surface area contributed by atoms with E-state index in [9.17, 15) is 9.59 Å². The number of furan rings is 1. The molecule has 0 spiro atoms. The van der Waals surface area contributed by atoms with Crippen LogP contribution < -0.4 is 10.2 Å². The minimum Gasteiger partial charge on any atom is -0.467 e. The quantitative estimate of drug-likeness (QED) is 0.563. The highest BCUT2D eigenvalue weighted by Crippen LogP contribution is 2.18. The van der Waals surface area contributed by atoms with E-state index >= 15 is 0 Å². The molecule has 1 aromatic carbocycles. The normalized spacial score (nSPS) is 13.1. The Morgan fingerprint density at radius 3 is 2.47 bits per heavy atom. The Kier molecular flexibility index (Phi) is 6.57. The Balaban J connectivity index is 1.65. The first-order valence-electron chi connectivity index (χ1n) is 10.2. The van der Waals surface area contributed by atoms with Crippen LogP contribution >= 0.6 is 0 Å². The first-order valence-corrected chi connectivity index (χ1v) is 10.2. The standard InChI is InChI=1S/C24H29N3O3/c1-16-8-10-20(11-9-16)25-23(28)15-26(5)19(4)24(29)22-13-17(2)27(18(22)3)14-21-7-6-12-30-21/h6-13,19H,14-15H2,1-5H3,(H,25,28)/p+1/t19-/m1/s1. The van der Waals surface area contributed by atoms with Gasteiger partial charge >= 0.3 is 0 Å². The van der Waals surface area contributed by atoms with E-state index in [4.69, 9.17) is 4.42 Å². The van der Waals surface area contributed by atoms with Crippen LogP contribution in [0.15, 0.2) is 53.1 Å². The highest BCUT2D eigenvalue weighted by Gasteiger charge is 2.28. The van der Waals surface area contributed by atoms with Gasteiger partial charge in [-0.05, 0) is 58.0 Å². The van der Waals surface area contributed by atoms with Gasteiger partial charge in [0.15, 0.2) is 6.54 Å². The van der Waals surface area contributed by atoms with Crippen molar-refractivity contribution in [3.8, 4) is 0 Å². The molecule has 0 aliphatic carbocycles. The Labute approximate surface area is 177 Å². The van der Waals surface area contributed by atoms with E-state index in [1.54, 1.807) is 6.26 Å². The second-order valence-electron chi connectivity index (χ2n) is 7.97. The highest BCUT2D eigenvalue weighted by molar-refractivity contribution is 6.00. The number of amides is 1. The number of benzene rings is 1. The van der Waals surface area contributed by atoms with Gasteiger partial charge in [0.2, 0.25) is 5.78 Å². The lowest BCUT2D eigenvalue weighted by Gasteiger charge is -2.20. The van der Waals surface area contributed by atoms with Crippen LogP contribution in [0.5, 0.6) is 0 Å². The minimum absolute atomic E-state index is 0.0365. The van der Waals surface area contributed by atoms with Crippen molar-refractivity contribution in [2.75, 3.05) is 18.9 Å². The van der Waals surface area contributed by atoms with E-state index in [-0.39, 0.29) is 24.3 Å². The number of hydrogen-bond donors (Lipinski definition) is 2. The summed E-state index contributed by atoms with van der Waals surface area (Å²) < 4.78 is 7.53. The monoisotopic (exact) mass is 408 g/mol. The maximum absolute atomic E-state index is 13.2. The van der Waals surface area contributed by atoms with E-state index in [2.05, 4.69) is 9.88 Å². The van der Waals surface area contributed by atoms with Crippen LogP contribution in [0.1, 0.15) is 40.0 Å². The second kappa shape index (κ2) is 9.13. The number of quaternary nitrogens is 1. The molecule has 0 radical (unpaired) electrons. The number of Topliss-reactive ketones (excluding diaryl/α,β-unsaturated/α-hetero) is 1. The van der Waals surface area contributed by atoms with Gasteiger partial charge in [0, 0.05) is 22.6 Å². The SMILES string of the molecule is Cc1ccc(NC(=O)C[NH+](C)[C@H](C)C(=O)c2cc(C)n(Cc3ccco3)c2C)cc1. The molecular formula is C24H30N3O3+. The fourth-order valence-corrected chi connectivity index (χ4v) is 3.56. The molecule has 1 amide bonds. The summed E-state index contributed by atoms with van der Waals surface area (Å²) in [5.74, 6) is 0.771. The number of carbonyl (C=O) groups is 2. The molecule has 0 bridgehead atoms. The van der Waals surface area contributed by atoms with Gasteiger partial charge in [-0.1, -0.05) is 17.7 Å². The Morgan fingerprint density at radius 2 is 1.83 bits per heavy atom. The van der Waals surface area contributed by atoms with E-state index in [0.717, 1.165) is 33.3 Å². The second-order valence-corrected chi connectivity index (χ2v) is 7.97. The third kappa shape index (κ3) is 4.89. The fourth-order valence-electron chi connectivity index (χ4n) is 3.56. The van der Waals surface area contributed by atoms with E-state index in [1.807, 2.05) is 77.2 Å². The molecule has 0 saturated heterocycles. The molecule has 3 rings (SSSR count). The van der Waals surface area contributed by atoms with Crippen molar-refractivity contribution in [2.45, 2.75) is 40.3 Å². The fraction of sp³-hybridized carbons (Fsp3) is 0.333. The predicted octanol–water partition coefficient (Wildman–Crippen LogP) is 2.78. The van der Waals surface area contributed by atoms with Gasteiger partial charge < -0.3 is 19.2 Å². The number of nitrogens with one attached hydrogen (secondary N) is 2. The molecule has 0 aliphatic heterocycles. The first kappa shape index (κ1) is 21.6. The van der Waals surface area contributed by atoms with E-state index in [0.29, 0.717) is 12.1 Å². The van der Waals surface area contributed by atoms with Gasteiger partial charge in [-0.2, -0.15) is 0 Å². The van der Waals surface area contributed by atoms with Crippen LogP contribution in [0.4, 0.5) is 5.69 Å². The molecule has 6 heteroatoms. The number of aromatic nitrogens is 1. The Hall–Kier alpha value is -3.12. The first-order chi connectivity index (χ1) is 14.3. The Morgan fingerprint density at radius 1 is 1.13 bits per heavy atom. The molecule has 0 aliphatic rings. The van der Waals surface area contributed by atoms with Crippen molar-refractivity contribution < 1.29 is 18.9 Å². The van der Waals surface area contributed by atoms with Crippen LogP contribution in [0.3, 0.4) is 0 Å². The average molecular weight is 409 g/mol. The van der Waals surface area contributed by atoms with Crippen molar-refractivity contribution in [2.24, 2.45) is 0 Å². The molecule has 0 saturated carbocycles. The summed E-state index contributed by atoms with van der Waals surface area (Å²) >= 11 is 0. The summed E-state index contributed by atoms with van der Waals surface area (Å²) in [5.41, 5.74) is 4.52. The van der Waals surface area contributed by atoms with Crippen LogP contribution in [0, 0.1) is 20.8 Å². The number of ketones is 1. The lowest BCUT2D eigenvalue weighted by molar-refractivity contribution is -0.885. The van der Waals surface area contributed by atoms with Gasteiger partial charge in [-0.25, -0.2) is 0 Å². The average Bonchev–Trinajstić information content (AvgIpc) is 3.32. The van der Waals surface area contributed by atoms with E-state index < -0.39 is 0 Å². The maximum atomic E-state index is 13.2. The van der Waals surface area contributed by atoms with Crippen LogP contribution in [0.25, 0.3) is 0 Å². The molecule has 2 atom stereocenters. The highest BCUT2D eigenvalue weighted by atomic mass is 16.3.